The molecule has 2 aliphatic carbocycles. The van der Waals surface area contributed by atoms with Gasteiger partial charge in [-0.15, -0.1) is 0 Å². The highest BCUT2D eigenvalue weighted by molar-refractivity contribution is 7.92. The van der Waals surface area contributed by atoms with Gasteiger partial charge in [-0.05, 0) is 43.9 Å². The lowest BCUT2D eigenvalue weighted by Gasteiger charge is -2.28. The van der Waals surface area contributed by atoms with E-state index in [-0.39, 0.29) is 39.4 Å². The van der Waals surface area contributed by atoms with Gasteiger partial charge >= 0.3 is 6.18 Å². The molecule has 1 aromatic carbocycles. The van der Waals surface area contributed by atoms with Crippen molar-refractivity contribution < 1.29 is 35.2 Å². The van der Waals surface area contributed by atoms with E-state index in [1.165, 1.54) is 41.4 Å². The van der Waals surface area contributed by atoms with Crippen LogP contribution in [0.2, 0.25) is 5.15 Å². The molecular formula is C26H23ClF5N5O3S. The maximum absolute atomic E-state index is 15.2. The van der Waals surface area contributed by atoms with Gasteiger partial charge in [0.2, 0.25) is 5.91 Å². The van der Waals surface area contributed by atoms with Crippen molar-refractivity contribution in [2.75, 3.05) is 17.2 Å². The first-order chi connectivity index (χ1) is 19.0. The monoisotopic (exact) mass is 615 g/mol. The second-order valence-corrected chi connectivity index (χ2v) is 14.5. The van der Waals surface area contributed by atoms with Crippen LogP contribution >= 0.6 is 11.6 Å². The number of sulfone groups is 1. The second kappa shape index (κ2) is 7.88. The molecule has 3 aromatic rings. The van der Waals surface area contributed by atoms with Crippen molar-refractivity contribution in [2.24, 2.45) is 11.3 Å². The van der Waals surface area contributed by atoms with Gasteiger partial charge in [-0.25, -0.2) is 26.7 Å². The lowest BCUT2D eigenvalue weighted by atomic mass is 9.87. The number of nitrogens with zero attached hydrogens (tertiary/aromatic N) is 4. The molecule has 4 aliphatic rings. The predicted molar refractivity (Wildman–Crippen MR) is 138 cm³/mol. The number of hydrogen-bond donors (Lipinski definition) is 1. The quantitative estimate of drug-likeness (QED) is 0.438. The zero-order chi connectivity index (χ0) is 29.5. The average Bonchev–Trinajstić information content (AvgIpc) is 3.61. The zero-order valence-corrected chi connectivity index (χ0v) is 23.2. The molecule has 6 atom stereocenters. The van der Waals surface area contributed by atoms with E-state index in [1.807, 2.05) is 0 Å². The highest BCUT2D eigenvalue weighted by Crippen LogP contribution is 2.71. The Bertz CT molecular complexity index is 1750. The summed E-state index contributed by atoms with van der Waals surface area (Å²) in [6.07, 6.45) is -2.93. The lowest BCUT2D eigenvalue weighted by Crippen LogP contribution is -2.43. The van der Waals surface area contributed by atoms with Crippen LogP contribution in [-0.2, 0) is 20.0 Å². The van der Waals surface area contributed by atoms with Crippen molar-refractivity contribution in [1.29, 1.82) is 0 Å². The molecule has 3 fully saturated rings. The third-order valence-corrected chi connectivity index (χ3v) is 11.9. The maximum atomic E-state index is 15.2. The summed E-state index contributed by atoms with van der Waals surface area (Å²) in [6.45, 7) is 1.70. The average molecular weight is 616 g/mol. The van der Waals surface area contributed by atoms with Gasteiger partial charge in [-0.2, -0.15) is 18.3 Å². The summed E-state index contributed by atoms with van der Waals surface area (Å²) in [5.74, 6) is -6.28. The molecule has 0 spiro atoms. The van der Waals surface area contributed by atoms with Crippen LogP contribution in [0, 0.1) is 11.3 Å². The van der Waals surface area contributed by atoms with E-state index >= 15 is 8.78 Å². The van der Waals surface area contributed by atoms with E-state index in [0.717, 1.165) is 18.4 Å². The highest BCUT2D eigenvalue weighted by Gasteiger charge is 2.82. The van der Waals surface area contributed by atoms with Gasteiger partial charge in [0, 0.05) is 24.3 Å². The number of rotatable bonds is 4. The van der Waals surface area contributed by atoms with Crippen molar-refractivity contribution in [3.63, 3.8) is 0 Å². The third kappa shape index (κ3) is 3.49. The van der Waals surface area contributed by atoms with Crippen molar-refractivity contribution in [3.05, 3.63) is 52.9 Å². The molecule has 3 unspecified atom stereocenters. The van der Waals surface area contributed by atoms with Gasteiger partial charge < -0.3 is 10.2 Å². The van der Waals surface area contributed by atoms with Crippen LogP contribution in [0.1, 0.15) is 37.4 Å². The molecule has 2 aromatic heterocycles. The third-order valence-electron chi connectivity index (χ3n) is 9.39. The second-order valence-electron chi connectivity index (χ2n) is 11.8. The van der Waals surface area contributed by atoms with Crippen LogP contribution in [0.5, 0.6) is 0 Å². The van der Waals surface area contributed by atoms with Gasteiger partial charge in [0.25, 0.3) is 5.92 Å². The molecular weight excluding hydrogens is 593 g/mol. The first kappa shape index (κ1) is 26.9. The first-order valence-electron chi connectivity index (χ1n) is 12.9. The van der Waals surface area contributed by atoms with E-state index in [2.05, 4.69) is 15.4 Å². The fourth-order valence-corrected chi connectivity index (χ4v) is 9.22. The molecule has 15 heteroatoms. The molecule has 4 heterocycles. The number of anilines is 2. The number of halogens is 6. The molecule has 2 saturated carbocycles. The Morgan fingerprint density at radius 3 is 2.44 bits per heavy atom. The van der Waals surface area contributed by atoms with Crippen LogP contribution < -0.4 is 10.2 Å². The molecule has 218 valence electrons. The molecule has 0 radical (unpaired) electrons. The Morgan fingerprint density at radius 2 is 1.85 bits per heavy atom. The van der Waals surface area contributed by atoms with Crippen LogP contribution in [0.3, 0.4) is 0 Å². The van der Waals surface area contributed by atoms with Crippen LogP contribution in [0.15, 0.2) is 36.5 Å². The Balaban J connectivity index is 1.18. The summed E-state index contributed by atoms with van der Waals surface area (Å²) >= 11 is 5.95. The van der Waals surface area contributed by atoms with Crippen molar-refractivity contribution in [3.8, 4) is 0 Å². The summed E-state index contributed by atoms with van der Waals surface area (Å²) in [6, 6.07) is 6.30. The minimum absolute atomic E-state index is 0.0119. The number of hydrogen-bond acceptors (Lipinski definition) is 6. The molecule has 1 saturated heterocycles. The maximum Gasteiger partial charge on any atom is 0.401 e. The van der Waals surface area contributed by atoms with Crippen LogP contribution in [0.25, 0.3) is 5.65 Å². The number of amides is 1. The predicted octanol–water partition coefficient (Wildman–Crippen LogP) is 4.39. The molecule has 2 aliphatic heterocycles. The van der Waals surface area contributed by atoms with E-state index in [0.29, 0.717) is 12.1 Å². The van der Waals surface area contributed by atoms with Gasteiger partial charge in [-0.1, -0.05) is 23.7 Å². The molecule has 41 heavy (non-hydrogen) atoms. The van der Waals surface area contributed by atoms with E-state index in [9.17, 15) is 26.4 Å². The minimum atomic E-state index is -4.66. The Kier molecular flexibility index (Phi) is 5.17. The van der Waals surface area contributed by atoms with E-state index in [1.54, 1.807) is 0 Å². The minimum Gasteiger partial charge on any atom is -0.351 e. The molecule has 0 bridgehead atoms. The molecule has 7 rings (SSSR count). The van der Waals surface area contributed by atoms with Crippen molar-refractivity contribution in [1.82, 2.24) is 19.9 Å². The zero-order valence-electron chi connectivity index (χ0n) is 21.6. The summed E-state index contributed by atoms with van der Waals surface area (Å²) in [5, 5.41) is 6.04. The lowest BCUT2D eigenvalue weighted by molar-refractivity contribution is -0.181. The summed E-state index contributed by atoms with van der Waals surface area (Å²) in [4.78, 5) is 18.6. The number of aromatic nitrogens is 3. The summed E-state index contributed by atoms with van der Waals surface area (Å²) < 4.78 is 98.8. The molecule has 1 amide bonds. The molecule has 8 nitrogen and oxygen atoms in total. The number of fused-ring (bicyclic) bond motifs is 4. The van der Waals surface area contributed by atoms with E-state index in [4.69, 9.17) is 11.6 Å². The number of benzene rings is 1. The van der Waals surface area contributed by atoms with Gasteiger partial charge in [0.1, 0.15) is 10.8 Å². The van der Waals surface area contributed by atoms with Gasteiger partial charge in [0.05, 0.1) is 34.5 Å². The number of carbonyl (C=O) groups is 1. The molecule has 1 N–H and O–H groups in total. The normalized spacial score (nSPS) is 34.4. The van der Waals surface area contributed by atoms with Crippen molar-refractivity contribution in [2.45, 2.75) is 55.0 Å². The number of carbonyl (C=O) groups excluding carboxylic acids is 1. The number of nitrogens with one attached hydrogen (secondary N) is 1. The van der Waals surface area contributed by atoms with Gasteiger partial charge in [0.15, 0.2) is 20.6 Å². The fraction of sp³-hybridized carbons (Fsp3) is 0.500. The Morgan fingerprint density at radius 1 is 1.17 bits per heavy atom. The van der Waals surface area contributed by atoms with Gasteiger partial charge in [-0.3, -0.25) is 4.79 Å². The van der Waals surface area contributed by atoms with E-state index < -0.39 is 62.4 Å². The van der Waals surface area contributed by atoms with Crippen LogP contribution in [0.4, 0.5) is 33.3 Å². The first-order valence-corrected chi connectivity index (χ1v) is 15.0. The Labute approximate surface area is 235 Å². The highest BCUT2D eigenvalue weighted by atomic mass is 35.5. The topological polar surface area (TPSA) is 96.7 Å². The summed E-state index contributed by atoms with van der Waals surface area (Å²) in [7, 11) is -3.32. The Hall–Kier alpha value is -3.00. The SMILES string of the molecule is C[C@@]1(C(F)(F)F)CN(c2ccc([C@H]3C(F)(F)[C@]3(C)C(=O)NC3CS(=O)(=O)C4CC34)cc2)c2cnc3cc(Cl)nn3c21. The largest absolute Gasteiger partial charge is 0.401 e. The standard InChI is InChI=1S/C26H23ClF5N5O3S/c1-23(26(30,31)32)11-36(16-9-33-19-8-18(27)35-37(19)21(16)23)13-5-3-12(4-6-13)20-24(2,25(20,28)29)22(38)34-15-10-41(39,40)17-7-14(15)17/h3-6,8-9,14-15,17,20H,7,10-11H2,1-2H3,(H,34,38)/t14?,15?,17?,20-,23-,24+/m1/s1. The smallest absolute Gasteiger partial charge is 0.351 e. The van der Waals surface area contributed by atoms with Crippen LogP contribution in [-0.4, -0.2) is 64.6 Å². The summed E-state index contributed by atoms with van der Waals surface area (Å²) in [5.41, 5.74) is -3.81. The fourth-order valence-electron chi connectivity index (χ4n) is 6.73. The number of alkyl halides is 5. The van der Waals surface area contributed by atoms with Crippen molar-refractivity contribution >= 4 is 44.4 Å².